The average Bonchev–Trinajstić information content (AvgIpc) is 2.86. The van der Waals surface area contributed by atoms with Gasteiger partial charge in [-0.1, -0.05) is 44.2 Å². The number of hydrogen-bond acceptors (Lipinski definition) is 2. The molecule has 0 unspecified atom stereocenters. The summed E-state index contributed by atoms with van der Waals surface area (Å²) in [7, 11) is 0. The van der Waals surface area contributed by atoms with E-state index in [-0.39, 0.29) is 24.5 Å². The molecule has 1 saturated carbocycles. The monoisotopic (exact) mass is 600 g/mol. The molecule has 2 nitrogen and oxygen atoms in total. The van der Waals surface area contributed by atoms with Crippen molar-refractivity contribution in [2.45, 2.75) is 64.4 Å². The lowest BCUT2D eigenvalue weighted by Crippen LogP contribution is -2.25. The number of alkyl halides is 2. The van der Waals surface area contributed by atoms with Crippen LogP contribution in [0.15, 0.2) is 42.4 Å². The molecule has 0 atom stereocenters. The normalized spacial score (nSPS) is 18.3. The molecule has 40 heavy (non-hydrogen) atoms. The molecule has 0 saturated heterocycles. The first-order valence-electron chi connectivity index (χ1n) is 12.6. The summed E-state index contributed by atoms with van der Waals surface area (Å²) in [6.07, 6.45) is -0.980. The Morgan fingerprint density at radius 1 is 0.925 bits per heavy atom. The number of hydrogen-bond donors (Lipinski definition) is 0. The van der Waals surface area contributed by atoms with Gasteiger partial charge in [-0.2, -0.15) is 17.6 Å². The molecular weight excluding hydrogens is 575 g/mol. The zero-order valence-electron chi connectivity index (χ0n) is 21.3. The van der Waals surface area contributed by atoms with E-state index in [9.17, 15) is 39.5 Å². The molecule has 0 spiro atoms. The Hall–Kier alpha value is -2.82. The van der Waals surface area contributed by atoms with E-state index in [4.69, 9.17) is 11.6 Å². The maximum Gasteiger partial charge on any atom is 0.432 e. The summed E-state index contributed by atoms with van der Waals surface area (Å²) in [5, 5.41) is -0.766. The average molecular weight is 601 g/mol. The van der Waals surface area contributed by atoms with Gasteiger partial charge < -0.3 is 9.47 Å². The largest absolute Gasteiger partial charge is 0.455 e. The van der Waals surface area contributed by atoms with Crippen molar-refractivity contribution in [1.82, 2.24) is 0 Å². The molecule has 0 aromatic heterocycles. The molecule has 0 heterocycles. The second kappa shape index (κ2) is 13.7. The molecule has 220 valence electrons. The minimum absolute atomic E-state index is 0.151. The molecule has 0 amide bonds. The first-order valence-corrected chi connectivity index (χ1v) is 13.0. The standard InChI is InChI=1S/C28H26ClF9O2/c1-2-3-4-5-15-6-8-16(9-7-15)25(35)26(36)17-10-20(30)24(21(31)11-17)28(37,38)40-18-12-19(29)27(22(32)13-18)39-14-23(33)34/h10-16H,2-9H2,1H3/b26-25+. The van der Waals surface area contributed by atoms with Crippen LogP contribution in [0.4, 0.5) is 39.5 Å². The fourth-order valence-corrected chi connectivity index (χ4v) is 4.94. The van der Waals surface area contributed by atoms with Gasteiger partial charge in [0.15, 0.2) is 23.7 Å². The summed E-state index contributed by atoms with van der Waals surface area (Å²) in [6.45, 7) is 2.08. The summed E-state index contributed by atoms with van der Waals surface area (Å²) < 4.78 is 136. The number of unbranched alkanes of at least 4 members (excludes halogenated alkanes) is 2. The Bertz CT molecular complexity index is 1200. The molecular formula is C28H26ClF9O2. The third-order valence-corrected chi connectivity index (χ3v) is 6.98. The van der Waals surface area contributed by atoms with Gasteiger partial charge in [0.25, 0.3) is 0 Å². The third kappa shape index (κ3) is 7.89. The first-order chi connectivity index (χ1) is 18.8. The Kier molecular flexibility index (Phi) is 10.9. The van der Waals surface area contributed by atoms with Crippen molar-refractivity contribution in [2.75, 3.05) is 0 Å². The van der Waals surface area contributed by atoms with Gasteiger partial charge in [-0.25, -0.2) is 22.0 Å². The smallest absolute Gasteiger partial charge is 0.432 e. The maximum atomic E-state index is 14.9. The predicted molar refractivity (Wildman–Crippen MR) is 132 cm³/mol. The highest BCUT2D eigenvalue weighted by molar-refractivity contribution is 6.32. The van der Waals surface area contributed by atoms with Crippen LogP contribution in [-0.4, -0.2) is 0 Å². The van der Waals surface area contributed by atoms with Gasteiger partial charge in [0.2, 0.25) is 0 Å². The predicted octanol–water partition coefficient (Wildman–Crippen LogP) is 11.0. The van der Waals surface area contributed by atoms with Gasteiger partial charge in [0, 0.05) is 23.6 Å². The fraction of sp³-hybridized carbons (Fsp3) is 0.429. The number of rotatable bonds is 11. The van der Waals surface area contributed by atoms with Crippen molar-refractivity contribution in [2.24, 2.45) is 11.8 Å². The minimum Gasteiger partial charge on any atom is -0.455 e. The number of halogens is 10. The zero-order chi connectivity index (χ0) is 29.6. The van der Waals surface area contributed by atoms with E-state index in [0.717, 1.165) is 25.7 Å². The van der Waals surface area contributed by atoms with Crippen LogP contribution in [0.25, 0.3) is 5.83 Å². The van der Waals surface area contributed by atoms with E-state index in [0.29, 0.717) is 37.7 Å². The molecule has 0 radical (unpaired) electrons. The van der Waals surface area contributed by atoms with Gasteiger partial charge in [-0.05, 0) is 43.7 Å². The van der Waals surface area contributed by atoms with Crippen LogP contribution >= 0.6 is 11.6 Å². The summed E-state index contributed by atoms with van der Waals surface area (Å²) >= 11 is 5.65. The van der Waals surface area contributed by atoms with E-state index in [1.807, 2.05) is 0 Å². The van der Waals surface area contributed by atoms with E-state index in [1.54, 1.807) is 0 Å². The van der Waals surface area contributed by atoms with Crippen molar-refractivity contribution < 1.29 is 49.0 Å². The molecule has 1 fully saturated rings. The van der Waals surface area contributed by atoms with Crippen LogP contribution in [0.3, 0.4) is 0 Å². The fourth-order valence-electron chi connectivity index (χ4n) is 4.69. The third-order valence-electron chi connectivity index (χ3n) is 6.70. The highest BCUT2D eigenvalue weighted by Gasteiger charge is 2.42. The van der Waals surface area contributed by atoms with Gasteiger partial charge in [0.1, 0.15) is 28.8 Å². The van der Waals surface area contributed by atoms with Crippen LogP contribution in [0.1, 0.15) is 69.4 Å². The summed E-state index contributed by atoms with van der Waals surface area (Å²) in [4.78, 5) is 0. The second-order valence-corrected chi connectivity index (χ2v) is 9.96. The lowest BCUT2D eigenvalue weighted by atomic mass is 9.79. The van der Waals surface area contributed by atoms with Crippen molar-refractivity contribution in [3.8, 4) is 11.5 Å². The highest BCUT2D eigenvalue weighted by Crippen LogP contribution is 2.42. The zero-order valence-corrected chi connectivity index (χ0v) is 22.1. The Balaban J connectivity index is 1.78. The maximum absolute atomic E-state index is 14.9. The lowest BCUT2D eigenvalue weighted by molar-refractivity contribution is -0.189. The molecule has 3 rings (SSSR count). The second-order valence-electron chi connectivity index (χ2n) is 9.55. The molecule has 2 aromatic rings. The quantitative estimate of drug-likeness (QED) is 0.145. The van der Waals surface area contributed by atoms with E-state index in [2.05, 4.69) is 16.4 Å². The van der Waals surface area contributed by atoms with Crippen LogP contribution in [-0.2, 0) is 6.11 Å². The van der Waals surface area contributed by atoms with Gasteiger partial charge in [-0.3, -0.25) is 0 Å². The molecule has 0 aliphatic heterocycles. The number of allylic oxidation sites excluding steroid dienone is 1. The van der Waals surface area contributed by atoms with Crippen molar-refractivity contribution in [3.05, 3.63) is 76.0 Å². The van der Waals surface area contributed by atoms with Crippen LogP contribution in [0.2, 0.25) is 5.02 Å². The minimum atomic E-state index is -4.77. The van der Waals surface area contributed by atoms with Crippen molar-refractivity contribution in [3.63, 3.8) is 0 Å². The van der Waals surface area contributed by atoms with Crippen molar-refractivity contribution in [1.29, 1.82) is 0 Å². The molecule has 12 heteroatoms. The van der Waals surface area contributed by atoms with Crippen LogP contribution in [0, 0.1) is 29.3 Å². The Morgan fingerprint density at radius 2 is 1.55 bits per heavy atom. The van der Waals surface area contributed by atoms with Crippen molar-refractivity contribution >= 4 is 17.4 Å². The van der Waals surface area contributed by atoms with E-state index >= 15 is 0 Å². The lowest BCUT2D eigenvalue weighted by Gasteiger charge is -2.28. The van der Waals surface area contributed by atoms with Crippen LogP contribution < -0.4 is 9.47 Å². The molecule has 0 N–H and O–H groups in total. The molecule has 1 aliphatic rings. The number of ether oxygens (including phenoxy) is 2. The van der Waals surface area contributed by atoms with Gasteiger partial charge in [-0.15, -0.1) is 0 Å². The SMILES string of the molecule is CCCCCC1CCC(/C(F)=C(\F)c2cc(F)c(C(F)(F)Oc3cc(F)c(OC=C(F)F)c(Cl)c3)c(F)c2)CC1. The van der Waals surface area contributed by atoms with Gasteiger partial charge >= 0.3 is 12.2 Å². The summed E-state index contributed by atoms with van der Waals surface area (Å²) in [5.41, 5.74) is -2.85. The first kappa shape index (κ1) is 31.7. The summed E-state index contributed by atoms with van der Waals surface area (Å²) in [5.74, 6) is -10.5. The topological polar surface area (TPSA) is 18.5 Å². The van der Waals surface area contributed by atoms with Gasteiger partial charge in [0.05, 0.1) is 5.02 Å². The van der Waals surface area contributed by atoms with E-state index in [1.165, 1.54) is 0 Å². The molecule has 1 aliphatic carbocycles. The van der Waals surface area contributed by atoms with E-state index < -0.39 is 74.9 Å². The van der Waals surface area contributed by atoms with Crippen LogP contribution in [0.5, 0.6) is 11.5 Å². The highest BCUT2D eigenvalue weighted by atomic mass is 35.5. The summed E-state index contributed by atoms with van der Waals surface area (Å²) in [6, 6.07) is 1.23. The number of benzene rings is 2. The Morgan fingerprint density at radius 3 is 2.10 bits per heavy atom. The Labute approximate surface area is 230 Å². The molecule has 2 aromatic carbocycles. The molecule has 0 bridgehead atoms.